The van der Waals surface area contributed by atoms with Crippen LogP contribution in [0.25, 0.3) is 5.65 Å². The molecule has 1 saturated heterocycles. The molecule has 13 heteroatoms. The third-order valence-corrected chi connectivity index (χ3v) is 6.98. The summed E-state index contributed by atoms with van der Waals surface area (Å²) in [6.45, 7) is 8.14. The molecule has 1 spiro atoms. The molecule has 1 fully saturated rings. The summed E-state index contributed by atoms with van der Waals surface area (Å²) >= 11 is 12.4. The summed E-state index contributed by atoms with van der Waals surface area (Å²) in [5.74, 6) is 0.154. The zero-order valence-corrected chi connectivity index (χ0v) is 22.8. The highest BCUT2D eigenvalue weighted by molar-refractivity contribution is 6.36. The summed E-state index contributed by atoms with van der Waals surface area (Å²) < 4.78 is 27.0. The van der Waals surface area contributed by atoms with Crippen molar-refractivity contribution < 1.29 is 23.5 Å². The van der Waals surface area contributed by atoms with Crippen LogP contribution < -0.4 is 10.1 Å². The number of oxime groups is 1. The molecule has 202 valence electrons. The lowest BCUT2D eigenvalue weighted by Gasteiger charge is -2.37. The van der Waals surface area contributed by atoms with E-state index in [1.807, 2.05) is 20.8 Å². The van der Waals surface area contributed by atoms with Gasteiger partial charge in [-0.15, -0.1) is 0 Å². The second-order valence-corrected chi connectivity index (χ2v) is 11.0. The Morgan fingerprint density at radius 1 is 1.24 bits per heavy atom. The van der Waals surface area contributed by atoms with E-state index in [0.717, 1.165) is 0 Å². The average Bonchev–Trinajstić information content (AvgIpc) is 3.45. The fourth-order valence-electron chi connectivity index (χ4n) is 4.34. The Bertz CT molecular complexity index is 1410. The number of likely N-dealkylation sites (tertiary alicyclic amines) is 1. The molecule has 3 aromatic rings. The summed E-state index contributed by atoms with van der Waals surface area (Å²) in [6.07, 6.45) is 3.34. The van der Waals surface area contributed by atoms with E-state index in [2.05, 4.69) is 20.6 Å². The lowest BCUT2D eigenvalue weighted by Crippen LogP contribution is -2.54. The number of nitrogens with one attached hydrogen (secondary N) is 1. The van der Waals surface area contributed by atoms with E-state index in [0.29, 0.717) is 53.6 Å². The minimum Gasteiger partial charge on any atom is -0.470 e. The summed E-state index contributed by atoms with van der Waals surface area (Å²) in [6, 6.07) is 4.27. The molecule has 4 heterocycles. The van der Waals surface area contributed by atoms with E-state index in [1.165, 1.54) is 12.1 Å². The number of amidine groups is 1. The predicted molar refractivity (Wildman–Crippen MR) is 139 cm³/mol. The second kappa shape index (κ2) is 9.77. The SMILES string of the molecule is C[C@@H](Oc1ccn2ncc(C3=NOC4(CCN(C(=O)OC(C)(C)C)CC4)N3)c2n1)c1c(Cl)ccc(F)c1Cl. The molecule has 38 heavy (non-hydrogen) atoms. The van der Waals surface area contributed by atoms with Crippen LogP contribution in [0.3, 0.4) is 0 Å². The van der Waals surface area contributed by atoms with Gasteiger partial charge >= 0.3 is 6.09 Å². The summed E-state index contributed by atoms with van der Waals surface area (Å²) in [7, 11) is 0. The van der Waals surface area contributed by atoms with Gasteiger partial charge in [-0.1, -0.05) is 28.4 Å². The molecule has 10 nitrogen and oxygen atoms in total. The van der Waals surface area contributed by atoms with E-state index in [-0.39, 0.29) is 17.0 Å². The normalized spacial score (nSPS) is 17.7. The Hall–Kier alpha value is -3.31. The van der Waals surface area contributed by atoms with Gasteiger partial charge in [0.05, 0.1) is 16.8 Å². The molecule has 2 aromatic heterocycles. The molecule has 0 aliphatic carbocycles. The number of ether oxygens (including phenoxy) is 2. The number of amides is 1. The molecule has 0 saturated carbocycles. The first-order valence-electron chi connectivity index (χ1n) is 12.1. The van der Waals surface area contributed by atoms with E-state index in [4.69, 9.17) is 37.5 Å². The molecule has 0 radical (unpaired) electrons. The van der Waals surface area contributed by atoms with Gasteiger partial charge in [0, 0.05) is 48.8 Å². The third-order valence-electron chi connectivity index (χ3n) is 6.26. The van der Waals surface area contributed by atoms with Crippen LogP contribution in [-0.2, 0) is 9.57 Å². The maximum absolute atomic E-state index is 14.0. The summed E-state index contributed by atoms with van der Waals surface area (Å²) in [5, 5.41) is 12.2. The fraction of sp³-hybridized carbons (Fsp3) is 0.440. The van der Waals surface area contributed by atoms with Crippen LogP contribution in [0.1, 0.15) is 57.8 Å². The predicted octanol–water partition coefficient (Wildman–Crippen LogP) is 5.32. The van der Waals surface area contributed by atoms with Gasteiger partial charge in [0.2, 0.25) is 11.6 Å². The van der Waals surface area contributed by atoms with Gasteiger partial charge in [-0.3, -0.25) is 0 Å². The number of halogens is 3. The van der Waals surface area contributed by atoms with Gasteiger partial charge in [-0.2, -0.15) is 10.1 Å². The summed E-state index contributed by atoms with van der Waals surface area (Å²) in [4.78, 5) is 24.5. The van der Waals surface area contributed by atoms with Gasteiger partial charge < -0.3 is 24.5 Å². The highest BCUT2D eigenvalue weighted by Crippen LogP contribution is 2.35. The van der Waals surface area contributed by atoms with Crippen LogP contribution in [0, 0.1) is 5.82 Å². The number of aromatic nitrogens is 3. The number of carbonyl (C=O) groups is 1. The molecular formula is C25H27Cl2FN6O4. The van der Waals surface area contributed by atoms with Crippen LogP contribution in [0.4, 0.5) is 9.18 Å². The molecule has 1 atom stereocenters. The van der Waals surface area contributed by atoms with Gasteiger partial charge in [0.25, 0.3) is 0 Å². The quantitative estimate of drug-likeness (QED) is 0.427. The highest BCUT2D eigenvalue weighted by Gasteiger charge is 2.44. The van der Waals surface area contributed by atoms with Crippen molar-refractivity contribution in [1.29, 1.82) is 0 Å². The van der Waals surface area contributed by atoms with Crippen LogP contribution in [0.15, 0.2) is 35.7 Å². The van der Waals surface area contributed by atoms with Gasteiger partial charge in [0.1, 0.15) is 17.5 Å². The van der Waals surface area contributed by atoms with Crippen molar-refractivity contribution in [2.75, 3.05) is 13.1 Å². The van der Waals surface area contributed by atoms with Crippen LogP contribution in [-0.4, -0.2) is 55.8 Å². The average molecular weight is 565 g/mol. The Morgan fingerprint density at radius 2 is 1.97 bits per heavy atom. The maximum Gasteiger partial charge on any atom is 0.410 e. The van der Waals surface area contributed by atoms with Crippen LogP contribution >= 0.6 is 23.2 Å². The Labute approximate surface area is 228 Å². The zero-order chi connectivity index (χ0) is 27.2. The van der Waals surface area contributed by atoms with E-state index in [1.54, 1.807) is 34.8 Å². The minimum atomic E-state index is -0.740. The van der Waals surface area contributed by atoms with Crippen molar-refractivity contribution in [1.82, 2.24) is 24.8 Å². The Morgan fingerprint density at radius 3 is 2.68 bits per heavy atom. The largest absolute Gasteiger partial charge is 0.470 e. The molecule has 1 amide bonds. The number of benzene rings is 1. The maximum atomic E-state index is 14.0. The van der Waals surface area contributed by atoms with Gasteiger partial charge in [0.15, 0.2) is 11.5 Å². The number of hydrogen-bond donors (Lipinski definition) is 1. The van der Waals surface area contributed by atoms with Gasteiger partial charge in [-0.05, 0) is 39.8 Å². The van der Waals surface area contributed by atoms with Crippen molar-refractivity contribution in [2.24, 2.45) is 5.16 Å². The molecule has 2 aliphatic heterocycles. The topological polar surface area (TPSA) is 103 Å². The number of fused-ring (bicyclic) bond motifs is 1. The van der Waals surface area contributed by atoms with Crippen molar-refractivity contribution >= 4 is 40.8 Å². The van der Waals surface area contributed by atoms with Crippen LogP contribution in [0.5, 0.6) is 5.88 Å². The molecule has 1 N–H and O–H groups in total. The van der Waals surface area contributed by atoms with Crippen molar-refractivity contribution in [3.63, 3.8) is 0 Å². The molecular weight excluding hydrogens is 538 g/mol. The van der Waals surface area contributed by atoms with Crippen LogP contribution in [0.2, 0.25) is 10.0 Å². The van der Waals surface area contributed by atoms with Crippen molar-refractivity contribution in [2.45, 2.75) is 58.0 Å². The Kier molecular flexibility index (Phi) is 6.77. The fourth-order valence-corrected chi connectivity index (χ4v) is 5.02. The molecule has 2 aliphatic rings. The van der Waals surface area contributed by atoms with Crippen molar-refractivity contribution in [3.8, 4) is 5.88 Å². The first-order chi connectivity index (χ1) is 17.9. The highest BCUT2D eigenvalue weighted by atomic mass is 35.5. The summed E-state index contributed by atoms with van der Waals surface area (Å²) in [5.41, 5.74) is 0.117. The lowest BCUT2D eigenvalue weighted by molar-refractivity contribution is -0.0762. The third kappa shape index (κ3) is 5.17. The molecule has 1 aromatic carbocycles. The molecule has 0 unspecified atom stereocenters. The van der Waals surface area contributed by atoms with Crippen molar-refractivity contribution in [3.05, 3.63) is 57.6 Å². The standard InChI is InChI=1S/C25H27Cl2FN6O4/c1-14(19-16(26)5-6-17(28)20(19)27)36-18-7-10-34-22(30-18)15(13-29-34)21-31-25(38-32-21)8-11-33(12-9-25)23(35)37-24(2,3)4/h5-7,10,13-14H,8-9,11-12H2,1-4H3,(H,31,32)/t14-/m1/s1. The molecule has 5 rings (SSSR count). The first-order valence-corrected chi connectivity index (χ1v) is 12.9. The number of hydrogen-bond acceptors (Lipinski definition) is 8. The zero-order valence-electron chi connectivity index (χ0n) is 21.3. The Balaban J connectivity index is 1.29. The molecule has 0 bridgehead atoms. The van der Waals surface area contributed by atoms with E-state index in [9.17, 15) is 9.18 Å². The first kappa shape index (κ1) is 26.3. The van der Waals surface area contributed by atoms with Gasteiger partial charge in [-0.25, -0.2) is 13.7 Å². The second-order valence-electron chi connectivity index (χ2n) is 10.2. The minimum absolute atomic E-state index is 0.0965. The number of carbonyl (C=O) groups excluding carboxylic acids is 1. The smallest absolute Gasteiger partial charge is 0.410 e. The number of nitrogens with zero attached hydrogens (tertiary/aromatic N) is 5. The number of rotatable bonds is 4. The lowest BCUT2D eigenvalue weighted by atomic mass is 10.0. The number of piperidine rings is 1. The van der Waals surface area contributed by atoms with E-state index >= 15 is 0 Å². The van der Waals surface area contributed by atoms with E-state index < -0.39 is 23.2 Å². The monoisotopic (exact) mass is 564 g/mol.